The number of nitrogens with zero attached hydrogens (tertiary/aromatic N) is 1. The SMILES string of the molecule is CCOC(=O)C=Cc1ccc(OCCO[Si](C(C)C)(C(C)C)C(C)C)cc1Oc1ncc(C(F)(F)F)cc1Cl. The predicted octanol–water partition coefficient (Wildman–Crippen LogP) is 8.69. The second-order valence-electron chi connectivity index (χ2n) is 9.91. The number of alkyl halides is 3. The van der Waals surface area contributed by atoms with Gasteiger partial charge in [-0.25, -0.2) is 9.78 Å². The molecule has 39 heavy (non-hydrogen) atoms. The summed E-state index contributed by atoms with van der Waals surface area (Å²) >= 11 is 6.04. The third-order valence-electron chi connectivity index (χ3n) is 6.42. The summed E-state index contributed by atoms with van der Waals surface area (Å²) in [5.41, 5.74) is 0.746. The topological polar surface area (TPSA) is 66.9 Å². The van der Waals surface area contributed by atoms with Gasteiger partial charge >= 0.3 is 12.1 Å². The van der Waals surface area contributed by atoms with Gasteiger partial charge in [0.25, 0.3) is 0 Å². The van der Waals surface area contributed by atoms with Crippen molar-refractivity contribution in [3.8, 4) is 17.4 Å². The van der Waals surface area contributed by atoms with Gasteiger partial charge in [-0.15, -0.1) is 0 Å². The molecule has 0 radical (unpaired) electrons. The second kappa shape index (κ2) is 14.2. The quantitative estimate of drug-likeness (QED) is 0.101. The van der Waals surface area contributed by atoms with Crippen molar-refractivity contribution >= 4 is 32.0 Å². The lowest BCUT2D eigenvalue weighted by atomic mass is 10.1. The van der Waals surface area contributed by atoms with Gasteiger partial charge in [0.2, 0.25) is 5.88 Å². The predicted molar refractivity (Wildman–Crippen MR) is 149 cm³/mol. The van der Waals surface area contributed by atoms with Gasteiger partial charge in [0.05, 0.1) is 18.8 Å². The number of carbonyl (C=O) groups excluding carboxylic acids is 1. The number of ether oxygens (including phenoxy) is 3. The first-order chi connectivity index (χ1) is 18.2. The number of carbonyl (C=O) groups is 1. The molecule has 0 saturated carbocycles. The van der Waals surface area contributed by atoms with Gasteiger partial charge in [-0.2, -0.15) is 13.2 Å². The molecule has 0 saturated heterocycles. The fourth-order valence-corrected chi connectivity index (χ4v) is 10.5. The fraction of sp³-hybridized carbons (Fsp3) is 0.500. The van der Waals surface area contributed by atoms with E-state index >= 15 is 0 Å². The van der Waals surface area contributed by atoms with Gasteiger partial charge in [-0.05, 0) is 47.8 Å². The molecule has 216 valence electrons. The number of hydrogen-bond donors (Lipinski definition) is 0. The molecule has 11 heteroatoms. The Hall–Kier alpha value is -2.56. The molecule has 0 aliphatic carbocycles. The lowest BCUT2D eigenvalue weighted by Crippen LogP contribution is -2.48. The normalized spacial score (nSPS) is 12.6. The molecule has 0 fully saturated rings. The molecule has 0 N–H and O–H groups in total. The van der Waals surface area contributed by atoms with Crippen LogP contribution in [0.15, 0.2) is 36.5 Å². The fourth-order valence-electron chi connectivity index (χ4n) is 4.82. The second-order valence-corrected chi connectivity index (χ2v) is 15.8. The highest BCUT2D eigenvalue weighted by Gasteiger charge is 2.44. The summed E-state index contributed by atoms with van der Waals surface area (Å²) in [7, 11) is -2.05. The zero-order chi connectivity index (χ0) is 29.4. The minimum atomic E-state index is -4.60. The van der Waals surface area contributed by atoms with E-state index in [0.29, 0.717) is 40.7 Å². The molecular weight excluding hydrogens is 551 g/mol. The number of rotatable bonds is 13. The Morgan fingerprint density at radius 2 is 1.69 bits per heavy atom. The highest BCUT2D eigenvalue weighted by Crippen LogP contribution is 2.42. The van der Waals surface area contributed by atoms with E-state index in [0.717, 1.165) is 6.07 Å². The lowest BCUT2D eigenvalue weighted by Gasteiger charge is -2.42. The molecule has 0 unspecified atom stereocenters. The van der Waals surface area contributed by atoms with Crippen molar-refractivity contribution in [1.82, 2.24) is 4.98 Å². The number of aromatic nitrogens is 1. The van der Waals surface area contributed by atoms with Gasteiger partial charge in [0.1, 0.15) is 23.1 Å². The molecule has 2 aromatic rings. The number of esters is 1. The van der Waals surface area contributed by atoms with Crippen LogP contribution >= 0.6 is 11.6 Å². The van der Waals surface area contributed by atoms with Gasteiger partial charge in [-0.1, -0.05) is 53.1 Å². The van der Waals surface area contributed by atoms with Crippen LogP contribution in [-0.4, -0.2) is 39.1 Å². The van der Waals surface area contributed by atoms with E-state index in [-0.39, 0.29) is 29.9 Å². The van der Waals surface area contributed by atoms with E-state index < -0.39 is 26.0 Å². The van der Waals surface area contributed by atoms with Gasteiger partial charge < -0.3 is 18.6 Å². The summed E-state index contributed by atoms with van der Waals surface area (Å²) in [4.78, 5) is 15.6. The zero-order valence-electron chi connectivity index (χ0n) is 23.4. The van der Waals surface area contributed by atoms with E-state index in [1.54, 1.807) is 25.1 Å². The first kappa shape index (κ1) is 32.6. The summed E-state index contributed by atoms with van der Waals surface area (Å²) in [6.07, 6.45) is -1.27. The Morgan fingerprint density at radius 1 is 1.05 bits per heavy atom. The highest BCUT2D eigenvalue weighted by molar-refractivity contribution is 6.77. The Kier molecular flexibility index (Phi) is 11.9. The van der Waals surface area contributed by atoms with E-state index in [2.05, 4.69) is 46.5 Å². The largest absolute Gasteiger partial charge is 0.491 e. The number of hydrogen-bond acceptors (Lipinski definition) is 6. The summed E-state index contributed by atoms with van der Waals surface area (Å²) in [5, 5.41) is -0.317. The van der Waals surface area contributed by atoms with Gasteiger partial charge in [-0.3, -0.25) is 0 Å². The maximum absolute atomic E-state index is 13.0. The Bertz CT molecular complexity index is 1120. The Labute approximate surface area is 234 Å². The summed E-state index contributed by atoms with van der Waals surface area (Å²) in [6, 6.07) is 5.63. The third kappa shape index (κ3) is 8.71. The van der Waals surface area contributed by atoms with Crippen molar-refractivity contribution < 1.29 is 36.6 Å². The first-order valence-corrected chi connectivity index (χ1v) is 15.4. The number of benzene rings is 1. The monoisotopic (exact) mass is 587 g/mol. The Balaban J connectivity index is 2.28. The third-order valence-corrected chi connectivity index (χ3v) is 12.8. The van der Waals surface area contributed by atoms with Crippen LogP contribution in [0.2, 0.25) is 21.6 Å². The standard InChI is InChI=1S/C28H37ClF3NO5Si/c1-8-35-26(34)12-10-21-9-11-23(36-13-14-37-39(18(2)3,19(4)5)20(6)7)16-25(21)38-27-24(29)15-22(17-33-27)28(30,31)32/h9-12,15-20H,8,13-14H2,1-7H3. The van der Waals surface area contributed by atoms with Crippen molar-refractivity contribution in [2.45, 2.75) is 71.3 Å². The highest BCUT2D eigenvalue weighted by atomic mass is 35.5. The Morgan fingerprint density at radius 3 is 2.23 bits per heavy atom. The van der Waals surface area contributed by atoms with Crippen molar-refractivity contribution in [1.29, 1.82) is 0 Å². The molecule has 2 rings (SSSR count). The molecule has 0 aliphatic heterocycles. The van der Waals surface area contributed by atoms with E-state index in [1.165, 1.54) is 12.2 Å². The minimum Gasteiger partial charge on any atom is -0.491 e. The molecule has 1 aromatic carbocycles. The molecule has 0 spiro atoms. The maximum atomic E-state index is 13.0. The molecule has 0 amide bonds. The lowest BCUT2D eigenvalue weighted by molar-refractivity contribution is -0.138. The van der Waals surface area contributed by atoms with Crippen molar-refractivity contribution in [3.63, 3.8) is 0 Å². The molecule has 1 heterocycles. The van der Waals surface area contributed by atoms with Crippen LogP contribution in [0, 0.1) is 0 Å². The van der Waals surface area contributed by atoms with Crippen molar-refractivity contribution in [2.75, 3.05) is 19.8 Å². The number of pyridine rings is 1. The van der Waals surface area contributed by atoms with Crippen LogP contribution in [0.25, 0.3) is 6.08 Å². The van der Waals surface area contributed by atoms with Crippen LogP contribution in [-0.2, 0) is 20.1 Å². The van der Waals surface area contributed by atoms with Crippen molar-refractivity contribution in [2.24, 2.45) is 0 Å². The molecule has 0 atom stereocenters. The summed E-state index contributed by atoms with van der Waals surface area (Å²) in [6.45, 7) is 15.8. The van der Waals surface area contributed by atoms with Crippen LogP contribution in [0.5, 0.6) is 17.4 Å². The van der Waals surface area contributed by atoms with Crippen LogP contribution in [0.1, 0.15) is 59.6 Å². The van der Waals surface area contributed by atoms with E-state index in [4.69, 9.17) is 30.2 Å². The molecule has 1 aromatic heterocycles. The molecule has 6 nitrogen and oxygen atoms in total. The van der Waals surface area contributed by atoms with E-state index in [9.17, 15) is 18.0 Å². The van der Waals surface area contributed by atoms with Gasteiger partial charge in [0.15, 0.2) is 8.32 Å². The molecular formula is C28H37ClF3NO5Si. The zero-order valence-corrected chi connectivity index (χ0v) is 25.2. The minimum absolute atomic E-state index is 0.179. The average Bonchev–Trinajstić information content (AvgIpc) is 2.83. The van der Waals surface area contributed by atoms with E-state index in [1.807, 2.05) is 0 Å². The number of halogens is 4. The van der Waals surface area contributed by atoms with Crippen LogP contribution in [0.3, 0.4) is 0 Å². The summed E-state index contributed by atoms with van der Waals surface area (Å²) < 4.78 is 62.2. The van der Waals surface area contributed by atoms with Crippen molar-refractivity contribution in [3.05, 3.63) is 52.7 Å². The average molecular weight is 588 g/mol. The summed E-state index contributed by atoms with van der Waals surface area (Å²) in [5.74, 6) is -0.161. The first-order valence-electron chi connectivity index (χ1n) is 12.9. The van der Waals surface area contributed by atoms with Crippen LogP contribution < -0.4 is 9.47 Å². The molecule has 0 bridgehead atoms. The van der Waals surface area contributed by atoms with Gasteiger partial charge in [0, 0.05) is 23.9 Å². The molecule has 0 aliphatic rings. The smallest absolute Gasteiger partial charge is 0.417 e. The van der Waals surface area contributed by atoms with Crippen LogP contribution in [0.4, 0.5) is 13.2 Å². The maximum Gasteiger partial charge on any atom is 0.417 e.